The number of carbonyl (C=O) groups is 2. The molecule has 2 rings (SSSR count). The maximum atomic E-state index is 14.0. The van der Waals surface area contributed by atoms with Crippen molar-refractivity contribution in [3.8, 4) is 0 Å². The Morgan fingerprint density at radius 2 is 2.15 bits per heavy atom. The van der Waals surface area contributed by atoms with E-state index in [1.807, 2.05) is 0 Å². The molecule has 26 heavy (non-hydrogen) atoms. The molecule has 1 aromatic rings. The number of ketones is 1. The molecule has 0 heterocycles. The van der Waals surface area contributed by atoms with E-state index >= 15 is 0 Å². The number of nitro benzene ring substituents is 1. The zero-order valence-electron chi connectivity index (χ0n) is 13.7. The Morgan fingerprint density at radius 1 is 1.42 bits per heavy atom. The first-order chi connectivity index (χ1) is 12.3. The molecule has 0 saturated heterocycles. The molecule has 0 saturated carbocycles. The van der Waals surface area contributed by atoms with Gasteiger partial charge >= 0.3 is 5.97 Å². The molecule has 0 fully saturated rings. The van der Waals surface area contributed by atoms with Gasteiger partial charge in [0.15, 0.2) is 5.78 Å². The number of nitro groups is 1. The Morgan fingerprint density at radius 3 is 2.77 bits per heavy atom. The van der Waals surface area contributed by atoms with E-state index in [-0.39, 0.29) is 40.4 Å². The number of Topliss-reactive ketones (excluding diaryl/α,β-unsaturated/α-hetero) is 1. The molecule has 0 atom stereocenters. The summed E-state index contributed by atoms with van der Waals surface area (Å²) in [5.74, 6) is -2.05. The summed E-state index contributed by atoms with van der Waals surface area (Å²) in [6.45, 7) is 3.39. The van der Waals surface area contributed by atoms with Crippen molar-refractivity contribution in [3.63, 3.8) is 0 Å². The fraction of sp³-hybridized carbons (Fsp3) is 0.222. The Bertz CT molecular complexity index is 844. The summed E-state index contributed by atoms with van der Waals surface area (Å²) in [6.07, 6.45) is 2.86. The van der Waals surface area contributed by atoms with Crippen LogP contribution in [0.2, 0.25) is 0 Å². The fourth-order valence-corrected chi connectivity index (χ4v) is 2.80. The van der Waals surface area contributed by atoms with Crippen LogP contribution in [0.4, 0.5) is 10.1 Å². The number of allylic oxidation sites excluding steroid dienone is 4. The number of halogens is 2. The zero-order valence-corrected chi connectivity index (χ0v) is 14.4. The van der Waals surface area contributed by atoms with Crippen molar-refractivity contribution in [2.45, 2.75) is 19.3 Å². The lowest BCUT2D eigenvalue weighted by Crippen LogP contribution is -2.13. The molecule has 6 nitrogen and oxygen atoms in total. The molecule has 1 aromatic carbocycles. The molecule has 1 aliphatic carbocycles. The van der Waals surface area contributed by atoms with E-state index in [1.165, 1.54) is 24.3 Å². The third-order valence-electron chi connectivity index (χ3n) is 3.67. The lowest BCUT2D eigenvalue weighted by Gasteiger charge is -2.12. The molecular weight excluding hydrogens is 365 g/mol. The van der Waals surface area contributed by atoms with Gasteiger partial charge in [0, 0.05) is 24.5 Å². The molecule has 0 N–H and O–H groups in total. The minimum Gasteiger partial charge on any atom is -0.458 e. The second-order valence-electron chi connectivity index (χ2n) is 5.46. The predicted octanol–water partition coefficient (Wildman–Crippen LogP) is 4.19. The van der Waals surface area contributed by atoms with Gasteiger partial charge in [-0.3, -0.25) is 14.9 Å². The Labute approximate surface area is 153 Å². The first kappa shape index (κ1) is 19.5. The SMILES string of the molecule is C=CCOC(=O)c1ccc([N+](=O)[O-])c(CC(=O)C2=C(F)CCC=C2Cl)c1. The van der Waals surface area contributed by atoms with Gasteiger partial charge in [0.05, 0.1) is 21.1 Å². The summed E-state index contributed by atoms with van der Waals surface area (Å²) in [7, 11) is 0. The smallest absolute Gasteiger partial charge is 0.338 e. The van der Waals surface area contributed by atoms with Crippen LogP contribution in [0, 0.1) is 10.1 Å². The number of hydrogen-bond acceptors (Lipinski definition) is 5. The topological polar surface area (TPSA) is 86.5 Å². The molecule has 0 spiro atoms. The number of carbonyl (C=O) groups excluding carboxylic acids is 2. The summed E-state index contributed by atoms with van der Waals surface area (Å²) in [5, 5.41) is 11.2. The number of nitrogens with zero attached hydrogens (tertiary/aromatic N) is 1. The van der Waals surface area contributed by atoms with Crippen molar-refractivity contribution in [1.29, 1.82) is 0 Å². The Hall–Kier alpha value is -2.80. The van der Waals surface area contributed by atoms with Crippen LogP contribution in [0.25, 0.3) is 0 Å². The van der Waals surface area contributed by atoms with Crippen molar-refractivity contribution in [3.05, 3.63) is 74.6 Å². The van der Waals surface area contributed by atoms with E-state index in [0.717, 1.165) is 6.07 Å². The van der Waals surface area contributed by atoms with E-state index < -0.39 is 28.9 Å². The van der Waals surface area contributed by atoms with Gasteiger partial charge in [0.2, 0.25) is 0 Å². The first-order valence-electron chi connectivity index (χ1n) is 7.68. The van der Waals surface area contributed by atoms with E-state index in [1.54, 1.807) is 0 Å². The van der Waals surface area contributed by atoms with Crippen LogP contribution in [0.3, 0.4) is 0 Å². The van der Waals surface area contributed by atoms with Gasteiger partial charge < -0.3 is 4.74 Å². The maximum Gasteiger partial charge on any atom is 0.338 e. The van der Waals surface area contributed by atoms with Crippen LogP contribution in [0.5, 0.6) is 0 Å². The van der Waals surface area contributed by atoms with Crippen molar-refractivity contribution in [2.24, 2.45) is 0 Å². The van der Waals surface area contributed by atoms with Crippen LogP contribution in [-0.4, -0.2) is 23.3 Å². The number of benzene rings is 1. The molecule has 0 radical (unpaired) electrons. The number of ether oxygens (including phenoxy) is 1. The van der Waals surface area contributed by atoms with Gasteiger partial charge in [-0.1, -0.05) is 30.3 Å². The molecule has 0 bridgehead atoms. The summed E-state index contributed by atoms with van der Waals surface area (Å²) in [6, 6.07) is 3.53. The molecule has 0 aliphatic heterocycles. The average Bonchev–Trinajstić information content (AvgIpc) is 2.59. The van der Waals surface area contributed by atoms with Gasteiger partial charge in [-0.25, -0.2) is 9.18 Å². The Kier molecular flexibility index (Phi) is 6.41. The molecule has 1 aliphatic rings. The van der Waals surface area contributed by atoms with Crippen LogP contribution in [0.15, 0.2) is 53.4 Å². The second kappa shape index (κ2) is 8.53. The minimum atomic E-state index is -0.713. The van der Waals surface area contributed by atoms with Crippen LogP contribution < -0.4 is 0 Å². The fourth-order valence-electron chi connectivity index (χ4n) is 2.48. The lowest BCUT2D eigenvalue weighted by atomic mass is 9.95. The number of hydrogen-bond donors (Lipinski definition) is 0. The maximum absolute atomic E-state index is 14.0. The monoisotopic (exact) mass is 379 g/mol. The molecular formula is C18H15ClFNO5. The summed E-state index contributed by atoms with van der Waals surface area (Å²) >= 11 is 5.90. The number of esters is 1. The average molecular weight is 380 g/mol. The van der Waals surface area contributed by atoms with E-state index in [0.29, 0.717) is 6.42 Å². The van der Waals surface area contributed by atoms with Crippen LogP contribution in [-0.2, 0) is 16.0 Å². The minimum absolute atomic E-state index is 0.0112. The first-order valence-corrected chi connectivity index (χ1v) is 8.06. The highest BCUT2D eigenvalue weighted by molar-refractivity contribution is 6.35. The van der Waals surface area contributed by atoms with Gasteiger partial charge in [0.25, 0.3) is 5.69 Å². The van der Waals surface area contributed by atoms with Crippen molar-refractivity contribution in [1.82, 2.24) is 0 Å². The van der Waals surface area contributed by atoms with Crippen LogP contribution in [0.1, 0.15) is 28.8 Å². The normalized spacial score (nSPS) is 13.8. The van der Waals surface area contributed by atoms with Crippen LogP contribution >= 0.6 is 11.6 Å². The van der Waals surface area contributed by atoms with Gasteiger partial charge in [-0.05, 0) is 18.6 Å². The lowest BCUT2D eigenvalue weighted by molar-refractivity contribution is -0.385. The van der Waals surface area contributed by atoms with Gasteiger partial charge in [0.1, 0.15) is 12.4 Å². The summed E-state index contributed by atoms with van der Waals surface area (Å²) in [4.78, 5) is 34.9. The standard InChI is InChI=1S/C18H15ClFNO5/c1-2-8-26-18(23)11-6-7-15(21(24)25)12(9-11)10-16(22)17-13(19)4-3-5-14(17)20/h2,4,6-7,9H,1,3,5,8,10H2. The third kappa shape index (κ3) is 4.43. The van der Waals surface area contributed by atoms with E-state index in [9.17, 15) is 24.1 Å². The quantitative estimate of drug-likeness (QED) is 0.307. The summed E-state index contributed by atoms with van der Waals surface area (Å²) in [5.41, 5.74) is -0.606. The molecule has 136 valence electrons. The highest BCUT2D eigenvalue weighted by Crippen LogP contribution is 2.31. The zero-order chi connectivity index (χ0) is 19.3. The van der Waals surface area contributed by atoms with Crippen molar-refractivity contribution in [2.75, 3.05) is 6.61 Å². The van der Waals surface area contributed by atoms with E-state index in [4.69, 9.17) is 16.3 Å². The van der Waals surface area contributed by atoms with Crippen molar-refractivity contribution >= 4 is 29.0 Å². The van der Waals surface area contributed by atoms with Gasteiger partial charge in [-0.2, -0.15) is 0 Å². The molecule has 8 heteroatoms. The number of rotatable bonds is 7. The summed E-state index contributed by atoms with van der Waals surface area (Å²) < 4.78 is 18.9. The third-order valence-corrected chi connectivity index (χ3v) is 4.01. The molecule has 0 unspecified atom stereocenters. The molecule has 0 amide bonds. The second-order valence-corrected chi connectivity index (χ2v) is 5.87. The molecule has 0 aromatic heterocycles. The highest BCUT2D eigenvalue weighted by Gasteiger charge is 2.25. The largest absolute Gasteiger partial charge is 0.458 e. The highest BCUT2D eigenvalue weighted by atomic mass is 35.5. The van der Waals surface area contributed by atoms with Crippen molar-refractivity contribution < 1.29 is 23.6 Å². The predicted molar refractivity (Wildman–Crippen MR) is 93.6 cm³/mol. The Balaban J connectivity index is 2.35. The van der Waals surface area contributed by atoms with E-state index in [2.05, 4.69) is 6.58 Å². The van der Waals surface area contributed by atoms with Gasteiger partial charge in [-0.15, -0.1) is 0 Å².